The van der Waals surface area contributed by atoms with Gasteiger partial charge in [-0.25, -0.2) is 8.42 Å². The Balaban J connectivity index is 1.45. The fourth-order valence-corrected chi connectivity index (χ4v) is 6.11. The first-order chi connectivity index (χ1) is 17.9. The van der Waals surface area contributed by atoms with Crippen molar-refractivity contribution in [2.24, 2.45) is 0 Å². The van der Waals surface area contributed by atoms with Gasteiger partial charge in [0.25, 0.3) is 5.91 Å². The molecular formula is C26H25ClF3N3O4S. The van der Waals surface area contributed by atoms with Gasteiger partial charge in [0, 0.05) is 41.0 Å². The third-order valence-corrected chi connectivity index (χ3v) is 8.15. The van der Waals surface area contributed by atoms with E-state index in [1.54, 1.807) is 30.5 Å². The average molecular weight is 568 g/mol. The van der Waals surface area contributed by atoms with Crippen LogP contribution in [-0.4, -0.2) is 60.1 Å². The van der Waals surface area contributed by atoms with Gasteiger partial charge in [0.1, 0.15) is 5.75 Å². The molecule has 2 heterocycles. The van der Waals surface area contributed by atoms with Gasteiger partial charge < -0.3 is 15.3 Å². The van der Waals surface area contributed by atoms with E-state index in [4.69, 9.17) is 11.6 Å². The molecule has 202 valence electrons. The average Bonchev–Trinajstić information content (AvgIpc) is 3.06. The molecule has 1 aliphatic rings. The summed E-state index contributed by atoms with van der Waals surface area (Å²) in [5.74, 6) is -1.99. The van der Waals surface area contributed by atoms with Crippen LogP contribution in [0, 0.1) is 0 Å². The third kappa shape index (κ3) is 6.46. The summed E-state index contributed by atoms with van der Waals surface area (Å²) < 4.78 is 65.1. The number of nitrogens with zero attached hydrogens (tertiary/aromatic N) is 2. The van der Waals surface area contributed by atoms with Crippen molar-refractivity contribution >= 4 is 43.9 Å². The number of rotatable bonds is 10. The second-order valence-corrected chi connectivity index (χ2v) is 11.4. The molecule has 0 aliphatic carbocycles. The summed E-state index contributed by atoms with van der Waals surface area (Å²) in [6.07, 6.45) is -3.11. The summed E-state index contributed by atoms with van der Waals surface area (Å²) >= 11 is 6.02. The molecule has 1 atom stereocenters. The van der Waals surface area contributed by atoms with Gasteiger partial charge in [-0.15, -0.1) is 0 Å². The predicted molar refractivity (Wildman–Crippen MR) is 138 cm³/mol. The van der Waals surface area contributed by atoms with Crippen LogP contribution in [0.1, 0.15) is 19.3 Å². The van der Waals surface area contributed by atoms with E-state index in [0.717, 1.165) is 22.0 Å². The first kappa shape index (κ1) is 27.9. The highest BCUT2D eigenvalue weighted by Crippen LogP contribution is 2.35. The fourth-order valence-electron chi connectivity index (χ4n) is 4.41. The Kier molecular flexibility index (Phi) is 8.01. The van der Waals surface area contributed by atoms with E-state index < -0.39 is 45.4 Å². The molecule has 2 aromatic carbocycles. The summed E-state index contributed by atoms with van der Waals surface area (Å²) in [6, 6.07) is 14.3. The van der Waals surface area contributed by atoms with Gasteiger partial charge in [0.2, 0.25) is 0 Å². The van der Waals surface area contributed by atoms with Crippen molar-refractivity contribution in [3.8, 4) is 0 Å². The second-order valence-electron chi connectivity index (χ2n) is 9.02. The zero-order valence-corrected chi connectivity index (χ0v) is 21.7. The lowest BCUT2D eigenvalue weighted by Crippen LogP contribution is -2.51. The van der Waals surface area contributed by atoms with E-state index >= 15 is 0 Å². The number of unbranched alkanes of at least 4 members (excludes halogenated alkanes) is 1. The van der Waals surface area contributed by atoms with Crippen molar-refractivity contribution < 1.29 is 31.5 Å². The Bertz CT molecular complexity index is 1470. The van der Waals surface area contributed by atoms with Gasteiger partial charge in [-0.1, -0.05) is 29.8 Å². The smallest absolute Gasteiger partial charge is 0.384 e. The monoisotopic (exact) mass is 567 g/mol. The summed E-state index contributed by atoms with van der Waals surface area (Å²) in [5, 5.41) is 15.9. The lowest BCUT2D eigenvalue weighted by atomic mass is 10.1. The molecule has 0 fully saturated rings. The Morgan fingerprint density at radius 3 is 2.53 bits per heavy atom. The number of fused-ring (bicyclic) bond motifs is 1. The number of sulfone groups is 1. The quantitative estimate of drug-likeness (QED) is 0.336. The molecule has 38 heavy (non-hydrogen) atoms. The van der Waals surface area contributed by atoms with Gasteiger partial charge in [-0.2, -0.15) is 13.2 Å². The lowest BCUT2D eigenvalue weighted by molar-refractivity contribution is -0.145. The highest BCUT2D eigenvalue weighted by molar-refractivity contribution is 7.91. The molecule has 12 heteroatoms. The Hall–Kier alpha value is -3.15. The van der Waals surface area contributed by atoms with E-state index in [2.05, 4.69) is 10.3 Å². The van der Waals surface area contributed by atoms with Crippen LogP contribution in [0.2, 0.25) is 5.02 Å². The molecule has 7 nitrogen and oxygen atoms in total. The van der Waals surface area contributed by atoms with E-state index in [1.807, 2.05) is 6.07 Å². The highest BCUT2D eigenvalue weighted by atomic mass is 35.5. The normalized spacial score (nSPS) is 18.2. The Labute approximate surface area is 222 Å². The SMILES string of the molecule is O=C1C(CC(F)(F)F)=CC(O)(CS(=O)(=O)c2ccccc2)N1CCCCNc1ccnc2cc(Cl)ccc12. The second kappa shape index (κ2) is 10.9. The largest absolute Gasteiger partial charge is 0.393 e. The van der Waals surface area contributed by atoms with Crippen LogP contribution in [0.5, 0.6) is 0 Å². The maximum atomic E-state index is 13.1. The van der Waals surface area contributed by atoms with Crippen LogP contribution < -0.4 is 5.32 Å². The van der Waals surface area contributed by atoms with E-state index in [9.17, 15) is 31.5 Å². The van der Waals surface area contributed by atoms with Crippen molar-refractivity contribution in [2.45, 2.75) is 36.1 Å². The Morgan fingerprint density at radius 1 is 1.08 bits per heavy atom. The summed E-state index contributed by atoms with van der Waals surface area (Å²) in [4.78, 5) is 17.8. The van der Waals surface area contributed by atoms with Crippen molar-refractivity contribution in [2.75, 3.05) is 24.2 Å². The number of hydrogen-bond acceptors (Lipinski definition) is 6. The number of anilines is 1. The van der Waals surface area contributed by atoms with Crippen LogP contribution >= 0.6 is 11.6 Å². The first-order valence-electron chi connectivity index (χ1n) is 11.8. The number of nitrogens with one attached hydrogen (secondary N) is 1. The van der Waals surface area contributed by atoms with Crippen molar-refractivity contribution in [3.63, 3.8) is 0 Å². The predicted octanol–water partition coefficient (Wildman–Crippen LogP) is 4.96. The van der Waals surface area contributed by atoms with Crippen LogP contribution in [-0.2, 0) is 14.6 Å². The molecule has 0 bridgehead atoms. The van der Waals surface area contributed by atoms with E-state index in [-0.39, 0.29) is 11.4 Å². The molecule has 0 radical (unpaired) electrons. The number of hydrogen-bond donors (Lipinski definition) is 2. The summed E-state index contributed by atoms with van der Waals surface area (Å²) in [5.41, 5.74) is -1.56. The van der Waals surface area contributed by atoms with Crippen molar-refractivity contribution in [1.82, 2.24) is 9.88 Å². The minimum atomic E-state index is -4.70. The van der Waals surface area contributed by atoms with E-state index in [0.29, 0.717) is 29.9 Å². The topological polar surface area (TPSA) is 99.6 Å². The maximum absolute atomic E-state index is 13.1. The minimum Gasteiger partial charge on any atom is -0.384 e. The number of aliphatic hydroxyl groups is 1. The molecule has 1 aromatic heterocycles. The van der Waals surface area contributed by atoms with Crippen molar-refractivity contribution in [3.05, 3.63) is 77.5 Å². The van der Waals surface area contributed by atoms with Crippen LogP contribution in [0.3, 0.4) is 0 Å². The van der Waals surface area contributed by atoms with Gasteiger partial charge >= 0.3 is 6.18 Å². The highest BCUT2D eigenvalue weighted by Gasteiger charge is 2.48. The van der Waals surface area contributed by atoms with Crippen LogP contribution in [0.4, 0.5) is 18.9 Å². The number of carbonyl (C=O) groups is 1. The molecule has 0 spiro atoms. The number of alkyl halides is 3. The van der Waals surface area contributed by atoms with Gasteiger partial charge in [-0.3, -0.25) is 9.78 Å². The number of carbonyl (C=O) groups excluding carboxylic acids is 1. The third-order valence-electron chi connectivity index (χ3n) is 6.12. The van der Waals surface area contributed by atoms with Gasteiger partial charge in [0.15, 0.2) is 15.6 Å². The molecular weight excluding hydrogens is 543 g/mol. The molecule has 3 aromatic rings. The Morgan fingerprint density at radius 2 is 1.82 bits per heavy atom. The van der Waals surface area contributed by atoms with Crippen molar-refractivity contribution in [1.29, 1.82) is 0 Å². The van der Waals surface area contributed by atoms with Crippen LogP contribution in [0.15, 0.2) is 77.3 Å². The summed E-state index contributed by atoms with van der Waals surface area (Å²) in [7, 11) is -4.12. The molecule has 1 unspecified atom stereocenters. The number of pyridine rings is 1. The van der Waals surface area contributed by atoms with Crippen LogP contribution in [0.25, 0.3) is 10.9 Å². The molecule has 1 amide bonds. The number of halogens is 4. The zero-order valence-electron chi connectivity index (χ0n) is 20.1. The molecule has 0 saturated carbocycles. The first-order valence-corrected chi connectivity index (χ1v) is 13.8. The lowest BCUT2D eigenvalue weighted by Gasteiger charge is -2.33. The number of benzene rings is 2. The summed E-state index contributed by atoms with van der Waals surface area (Å²) in [6.45, 7) is 0.319. The fraction of sp³-hybridized carbons (Fsp3) is 0.308. The number of aromatic nitrogens is 1. The van der Waals surface area contributed by atoms with Gasteiger partial charge in [-0.05, 0) is 55.3 Å². The molecule has 2 N–H and O–H groups in total. The maximum Gasteiger partial charge on any atom is 0.393 e. The molecule has 4 rings (SSSR count). The van der Waals surface area contributed by atoms with E-state index in [1.165, 1.54) is 24.3 Å². The number of amides is 1. The molecule has 0 saturated heterocycles. The standard InChI is InChI=1S/C26H25ClF3N3O4S/c27-19-8-9-21-22(10-12-32-23(21)14-19)31-11-4-5-13-33-24(34)18(16-26(28,29)30)15-25(33,35)17-38(36,37)20-6-2-1-3-7-20/h1-3,6-10,12,14-15,35H,4-5,11,13,16-17H2,(H,31,32). The molecule has 1 aliphatic heterocycles. The van der Waals surface area contributed by atoms with Gasteiger partial charge in [0.05, 0.1) is 16.8 Å². The zero-order chi connectivity index (χ0) is 27.6. The minimum absolute atomic E-state index is 0.103.